The second-order valence-corrected chi connectivity index (χ2v) is 6.94. The highest BCUT2D eigenvalue weighted by Gasteiger charge is 2.28. The van der Waals surface area contributed by atoms with E-state index in [2.05, 4.69) is 31.0 Å². The van der Waals surface area contributed by atoms with Crippen LogP contribution < -0.4 is 11.1 Å². The normalized spacial score (nSPS) is 17.7. The number of piperidine rings is 1. The topological polar surface area (TPSA) is 58.4 Å². The number of nitrogens with zero attached hydrogens (tertiary/aromatic N) is 1. The maximum absolute atomic E-state index is 12.4. The molecular weight excluding hydrogens is 262 g/mol. The summed E-state index contributed by atoms with van der Waals surface area (Å²) in [6.07, 6.45) is 1.99. The van der Waals surface area contributed by atoms with Gasteiger partial charge in [0.25, 0.3) is 5.91 Å². The van der Waals surface area contributed by atoms with E-state index in [0.717, 1.165) is 31.5 Å². The van der Waals surface area contributed by atoms with Crippen molar-refractivity contribution in [2.75, 3.05) is 18.8 Å². The number of amides is 1. The monoisotopic (exact) mass is 289 g/mol. The molecule has 2 rings (SSSR count). The van der Waals surface area contributed by atoms with Crippen LogP contribution in [0.1, 0.15) is 49.5 Å². The number of nitrogens with one attached hydrogen (secondary N) is 1. The summed E-state index contributed by atoms with van der Waals surface area (Å²) in [6.45, 7) is 10.7. The number of likely N-dealkylation sites (tertiary alicyclic amines) is 1. The Morgan fingerprint density at radius 2 is 1.90 bits per heavy atom. The Labute approximate surface area is 127 Å². The minimum atomic E-state index is -0.0418. The Morgan fingerprint density at radius 1 is 1.29 bits per heavy atom. The third kappa shape index (κ3) is 3.76. The van der Waals surface area contributed by atoms with Gasteiger partial charge in [0, 0.05) is 30.4 Å². The fourth-order valence-corrected chi connectivity index (χ4v) is 2.95. The van der Waals surface area contributed by atoms with Crippen LogP contribution in [-0.4, -0.2) is 35.5 Å². The highest BCUT2D eigenvalue weighted by Crippen LogP contribution is 2.21. The van der Waals surface area contributed by atoms with E-state index in [0.29, 0.717) is 11.3 Å². The number of carbonyl (C=O) groups excluding carboxylic acids is 1. The van der Waals surface area contributed by atoms with Crippen molar-refractivity contribution in [1.82, 2.24) is 10.2 Å². The van der Waals surface area contributed by atoms with Crippen LogP contribution in [0.4, 0.5) is 5.69 Å². The highest BCUT2D eigenvalue weighted by molar-refractivity contribution is 6.00. The first-order valence-corrected chi connectivity index (χ1v) is 7.70. The van der Waals surface area contributed by atoms with Crippen LogP contribution in [0.3, 0.4) is 0 Å². The van der Waals surface area contributed by atoms with Gasteiger partial charge in [-0.15, -0.1) is 0 Å². The van der Waals surface area contributed by atoms with Gasteiger partial charge in [0.2, 0.25) is 0 Å². The van der Waals surface area contributed by atoms with Gasteiger partial charge in [-0.05, 0) is 52.2 Å². The molecule has 3 N–H and O–H groups in total. The lowest BCUT2D eigenvalue weighted by molar-refractivity contribution is 0.0813. The molecule has 0 bridgehead atoms. The highest BCUT2D eigenvalue weighted by atomic mass is 16.1. The molecule has 1 aliphatic heterocycles. The van der Waals surface area contributed by atoms with Gasteiger partial charge in [-0.3, -0.25) is 9.69 Å². The summed E-state index contributed by atoms with van der Waals surface area (Å²) in [7, 11) is 0. The Bertz CT molecular complexity index is 491. The fourth-order valence-electron chi connectivity index (χ4n) is 2.95. The number of nitrogens with two attached hydrogens (primary N) is 1. The van der Waals surface area contributed by atoms with Crippen molar-refractivity contribution in [2.24, 2.45) is 0 Å². The van der Waals surface area contributed by atoms with E-state index in [-0.39, 0.29) is 17.5 Å². The van der Waals surface area contributed by atoms with E-state index in [9.17, 15) is 4.79 Å². The van der Waals surface area contributed by atoms with Gasteiger partial charge >= 0.3 is 0 Å². The van der Waals surface area contributed by atoms with Crippen molar-refractivity contribution >= 4 is 11.6 Å². The van der Waals surface area contributed by atoms with Crippen molar-refractivity contribution in [3.8, 4) is 0 Å². The molecule has 21 heavy (non-hydrogen) atoms. The number of anilines is 1. The van der Waals surface area contributed by atoms with E-state index in [4.69, 9.17) is 5.73 Å². The van der Waals surface area contributed by atoms with Crippen LogP contribution in [-0.2, 0) is 0 Å². The predicted octanol–water partition coefficient (Wildman–Crippen LogP) is 2.57. The molecule has 0 spiro atoms. The SMILES string of the molecule is Cc1cccc(N)c1C(=O)NC1CCN(C(C)(C)C)CC1. The summed E-state index contributed by atoms with van der Waals surface area (Å²) >= 11 is 0. The van der Waals surface area contributed by atoms with Crippen LogP contribution >= 0.6 is 0 Å². The fraction of sp³-hybridized carbons (Fsp3) is 0.588. The number of nitrogen functional groups attached to an aromatic ring is 1. The van der Waals surface area contributed by atoms with Gasteiger partial charge < -0.3 is 11.1 Å². The molecule has 1 heterocycles. The second kappa shape index (κ2) is 6.06. The van der Waals surface area contributed by atoms with Crippen molar-refractivity contribution in [3.63, 3.8) is 0 Å². The molecule has 0 unspecified atom stereocenters. The molecule has 1 aliphatic rings. The average molecular weight is 289 g/mol. The third-order valence-electron chi connectivity index (χ3n) is 4.31. The molecule has 1 aromatic carbocycles. The minimum Gasteiger partial charge on any atom is -0.398 e. The Kier molecular flexibility index (Phi) is 4.57. The van der Waals surface area contributed by atoms with Crippen molar-refractivity contribution in [1.29, 1.82) is 0 Å². The summed E-state index contributed by atoms with van der Waals surface area (Å²) in [4.78, 5) is 14.9. The molecule has 0 aromatic heterocycles. The van der Waals surface area contributed by atoms with Gasteiger partial charge in [-0.25, -0.2) is 0 Å². The number of aryl methyl sites for hydroxylation is 1. The average Bonchev–Trinajstić information content (AvgIpc) is 2.38. The molecule has 116 valence electrons. The quantitative estimate of drug-likeness (QED) is 0.823. The van der Waals surface area contributed by atoms with E-state index < -0.39 is 0 Å². The molecule has 4 heteroatoms. The van der Waals surface area contributed by atoms with Crippen molar-refractivity contribution in [3.05, 3.63) is 29.3 Å². The third-order valence-corrected chi connectivity index (χ3v) is 4.31. The number of hydrogen-bond donors (Lipinski definition) is 2. The van der Waals surface area contributed by atoms with Gasteiger partial charge in [-0.2, -0.15) is 0 Å². The lowest BCUT2D eigenvalue weighted by Crippen LogP contribution is -2.50. The van der Waals surface area contributed by atoms with Crippen LogP contribution in [0.15, 0.2) is 18.2 Å². The first kappa shape index (κ1) is 15.8. The van der Waals surface area contributed by atoms with Crippen LogP contribution in [0.5, 0.6) is 0 Å². The van der Waals surface area contributed by atoms with E-state index >= 15 is 0 Å². The summed E-state index contributed by atoms with van der Waals surface area (Å²) in [5, 5.41) is 3.14. The first-order valence-electron chi connectivity index (χ1n) is 7.70. The zero-order valence-corrected chi connectivity index (χ0v) is 13.6. The molecule has 0 atom stereocenters. The number of benzene rings is 1. The van der Waals surface area contributed by atoms with Gasteiger partial charge in [0.15, 0.2) is 0 Å². The van der Waals surface area contributed by atoms with E-state index in [1.54, 1.807) is 6.07 Å². The Morgan fingerprint density at radius 3 is 2.43 bits per heavy atom. The van der Waals surface area contributed by atoms with E-state index in [1.807, 2.05) is 19.1 Å². The van der Waals surface area contributed by atoms with Crippen LogP contribution in [0.25, 0.3) is 0 Å². The van der Waals surface area contributed by atoms with Crippen molar-refractivity contribution in [2.45, 2.75) is 52.1 Å². The molecule has 0 aliphatic carbocycles. The zero-order valence-electron chi connectivity index (χ0n) is 13.6. The summed E-state index contributed by atoms with van der Waals surface area (Å²) < 4.78 is 0. The molecular formula is C17H27N3O. The Balaban J connectivity index is 1.96. The smallest absolute Gasteiger partial charge is 0.253 e. The molecule has 0 saturated carbocycles. The maximum atomic E-state index is 12.4. The number of carbonyl (C=O) groups is 1. The Hall–Kier alpha value is -1.55. The molecule has 1 amide bonds. The number of rotatable bonds is 2. The van der Waals surface area contributed by atoms with Gasteiger partial charge in [0.05, 0.1) is 5.56 Å². The molecule has 4 nitrogen and oxygen atoms in total. The minimum absolute atomic E-state index is 0.0418. The lowest BCUT2D eigenvalue weighted by Gasteiger charge is -2.41. The predicted molar refractivity (Wildman–Crippen MR) is 87.4 cm³/mol. The van der Waals surface area contributed by atoms with Crippen LogP contribution in [0, 0.1) is 6.92 Å². The summed E-state index contributed by atoms with van der Waals surface area (Å²) in [5.74, 6) is -0.0418. The van der Waals surface area contributed by atoms with Gasteiger partial charge in [0.1, 0.15) is 0 Å². The second-order valence-electron chi connectivity index (χ2n) is 6.94. The summed E-state index contributed by atoms with van der Waals surface area (Å²) in [5.41, 5.74) is 8.25. The first-order chi connectivity index (χ1) is 9.79. The van der Waals surface area contributed by atoms with Gasteiger partial charge in [-0.1, -0.05) is 12.1 Å². The van der Waals surface area contributed by atoms with E-state index in [1.165, 1.54) is 0 Å². The molecule has 1 aromatic rings. The zero-order chi connectivity index (χ0) is 15.6. The standard InChI is InChI=1S/C17H27N3O/c1-12-6-5-7-14(18)15(12)16(21)19-13-8-10-20(11-9-13)17(2,3)4/h5-7,13H,8-11,18H2,1-4H3,(H,19,21). The summed E-state index contributed by atoms with van der Waals surface area (Å²) in [6, 6.07) is 5.83. The maximum Gasteiger partial charge on any atom is 0.253 e. The van der Waals surface area contributed by atoms with Crippen molar-refractivity contribution < 1.29 is 4.79 Å². The lowest BCUT2D eigenvalue weighted by atomic mass is 9.97. The number of hydrogen-bond acceptors (Lipinski definition) is 3. The molecule has 0 radical (unpaired) electrons. The molecule has 1 saturated heterocycles. The molecule has 1 fully saturated rings. The largest absolute Gasteiger partial charge is 0.398 e. The van der Waals surface area contributed by atoms with Crippen LogP contribution in [0.2, 0.25) is 0 Å².